The van der Waals surface area contributed by atoms with Crippen molar-refractivity contribution in [3.05, 3.63) is 16.2 Å². The summed E-state index contributed by atoms with van der Waals surface area (Å²) in [6.45, 7) is 3.46. The zero-order valence-corrected chi connectivity index (χ0v) is 10.8. The molecule has 16 heavy (non-hydrogen) atoms. The van der Waals surface area contributed by atoms with Crippen LogP contribution in [0.5, 0.6) is 0 Å². The molecule has 0 amide bonds. The Bertz CT molecular complexity index is 374. The van der Waals surface area contributed by atoms with Gasteiger partial charge in [0.2, 0.25) is 0 Å². The molecule has 0 radical (unpaired) electrons. The molecular formula is C11H17BrN4. The summed E-state index contributed by atoms with van der Waals surface area (Å²) in [5, 5.41) is 0. The molecule has 0 atom stereocenters. The Morgan fingerprint density at radius 3 is 2.69 bits per heavy atom. The molecular weight excluding hydrogens is 268 g/mol. The summed E-state index contributed by atoms with van der Waals surface area (Å²) in [5.74, 6) is 0.430. The zero-order valence-electron chi connectivity index (χ0n) is 9.25. The molecule has 0 aliphatic carbocycles. The summed E-state index contributed by atoms with van der Waals surface area (Å²) in [4.78, 5) is 6.47. The van der Waals surface area contributed by atoms with E-state index in [9.17, 15) is 0 Å². The normalized spacial score (nSPS) is 16.8. The minimum absolute atomic E-state index is 0.430. The van der Waals surface area contributed by atoms with Crippen molar-refractivity contribution in [2.45, 2.75) is 19.3 Å². The molecule has 1 aliphatic rings. The molecule has 1 aromatic rings. The number of rotatable bonds is 3. The summed E-state index contributed by atoms with van der Waals surface area (Å²) in [6, 6.07) is 0. The maximum absolute atomic E-state index is 5.93. The maximum Gasteiger partial charge on any atom is 0.146 e. The quantitative estimate of drug-likeness (QED) is 0.886. The lowest BCUT2D eigenvalue weighted by molar-refractivity contribution is 0.343. The Morgan fingerprint density at radius 1 is 1.31 bits per heavy atom. The molecule has 5 heteroatoms. The van der Waals surface area contributed by atoms with Crippen molar-refractivity contribution in [2.75, 3.05) is 31.1 Å². The lowest BCUT2D eigenvalue weighted by atomic mass is 10.1. The first-order valence-electron chi connectivity index (χ1n) is 5.59. The SMILES string of the molecule is Nc1ncc(Br)c(CCN2CCCC2)c1N. The van der Waals surface area contributed by atoms with Crippen LogP contribution in [0.25, 0.3) is 0 Å². The predicted octanol–water partition coefficient (Wildman–Crippen LogP) is 1.65. The highest BCUT2D eigenvalue weighted by Crippen LogP contribution is 2.26. The summed E-state index contributed by atoms with van der Waals surface area (Å²) >= 11 is 3.47. The van der Waals surface area contributed by atoms with Gasteiger partial charge in [0.25, 0.3) is 0 Å². The Balaban J connectivity index is 2.05. The number of nitrogens with zero attached hydrogens (tertiary/aromatic N) is 2. The zero-order chi connectivity index (χ0) is 11.5. The van der Waals surface area contributed by atoms with Gasteiger partial charge in [-0.1, -0.05) is 0 Å². The van der Waals surface area contributed by atoms with Gasteiger partial charge in [-0.05, 0) is 53.8 Å². The minimum atomic E-state index is 0.430. The van der Waals surface area contributed by atoms with Gasteiger partial charge in [-0.15, -0.1) is 0 Å². The molecule has 0 aromatic carbocycles. The highest BCUT2D eigenvalue weighted by molar-refractivity contribution is 9.10. The van der Waals surface area contributed by atoms with E-state index >= 15 is 0 Å². The van der Waals surface area contributed by atoms with Crippen LogP contribution in [-0.2, 0) is 6.42 Å². The third-order valence-electron chi connectivity index (χ3n) is 3.08. The first-order valence-corrected chi connectivity index (χ1v) is 6.38. The van der Waals surface area contributed by atoms with Crippen molar-refractivity contribution in [1.82, 2.24) is 9.88 Å². The second kappa shape index (κ2) is 5.01. The van der Waals surface area contributed by atoms with Gasteiger partial charge >= 0.3 is 0 Å². The van der Waals surface area contributed by atoms with Crippen molar-refractivity contribution < 1.29 is 0 Å². The molecule has 4 N–H and O–H groups in total. The fourth-order valence-corrected chi connectivity index (χ4v) is 2.60. The van der Waals surface area contributed by atoms with Gasteiger partial charge < -0.3 is 16.4 Å². The fraction of sp³-hybridized carbons (Fsp3) is 0.545. The number of nitrogen functional groups attached to an aromatic ring is 2. The highest BCUT2D eigenvalue weighted by atomic mass is 79.9. The monoisotopic (exact) mass is 284 g/mol. The van der Waals surface area contributed by atoms with Crippen molar-refractivity contribution in [3.8, 4) is 0 Å². The minimum Gasteiger partial charge on any atom is -0.395 e. The second-order valence-corrected chi connectivity index (χ2v) is 5.04. The molecule has 88 valence electrons. The van der Waals surface area contributed by atoms with Crippen LogP contribution < -0.4 is 11.5 Å². The first-order chi connectivity index (χ1) is 7.68. The largest absolute Gasteiger partial charge is 0.395 e. The van der Waals surface area contributed by atoms with Gasteiger partial charge in [0.05, 0.1) is 5.69 Å². The lowest BCUT2D eigenvalue weighted by Gasteiger charge is -2.16. The number of hydrogen-bond acceptors (Lipinski definition) is 4. The molecule has 1 aromatic heterocycles. The van der Waals surface area contributed by atoms with E-state index in [4.69, 9.17) is 11.5 Å². The Morgan fingerprint density at radius 2 is 2.00 bits per heavy atom. The number of pyridine rings is 1. The van der Waals surface area contributed by atoms with E-state index in [0.29, 0.717) is 11.5 Å². The number of nitrogens with two attached hydrogens (primary N) is 2. The van der Waals surface area contributed by atoms with Gasteiger partial charge in [-0.2, -0.15) is 0 Å². The average molecular weight is 285 g/mol. The van der Waals surface area contributed by atoms with E-state index < -0.39 is 0 Å². The van der Waals surface area contributed by atoms with Crippen molar-refractivity contribution in [1.29, 1.82) is 0 Å². The third-order valence-corrected chi connectivity index (χ3v) is 3.77. The van der Waals surface area contributed by atoms with E-state index in [2.05, 4.69) is 25.8 Å². The summed E-state index contributed by atoms with van der Waals surface area (Å²) in [5.41, 5.74) is 13.3. The Kier molecular flexibility index (Phi) is 3.66. The van der Waals surface area contributed by atoms with Gasteiger partial charge in [-0.3, -0.25) is 0 Å². The van der Waals surface area contributed by atoms with Crippen LogP contribution in [-0.4, -0.2) is 29.5 Å². The molecule has 0 spiro atoms. The molecule has 1 aliphatic heterocycles. The molecule has 0 saturated carbocycles. The predicted molar refractivity (Wildman–Crippen MR) is 70.1 cm³/mol. The maximum atomic E-state index is 5.93. The summed E-state index contributed by atoms with van der Waals surface area (Å²) in [6.07, 6.45) is 5.29. The van der Waals surface area contributed by atoms with Crippen LogP contribution >= 0.6 is 15.9 Å². The lowest BCUT2D eigenvalue weighted by Crippen LogP contribution is -2.22. The Hall–Kier alpha value is -0.810. The van der Waals surface area contributed by atoms with Crippen LogP contribution in [0.2, 0.25) is 0 Å². The molecule has 1 saturated heterocycles. The standard InChI is InChI=1S/C11H17BrN4/c12-9-7-15-11(14)10(13)8(9)3-6-16-4-1-2-5-16/h7H,1-6,13H2,(H2,14,15). The summed E-state index contributed by atoms with van der Waals surface area (Å²) < 4.78 is 0.957. The topological polar surface area (TPSA) is 68.2 Å². The van der Waals surface area contributed by atoms with E-state index in [1.165, 1.54) is 25.9 Å². The number of anilines is 2. The molecule has 0 bridgehead atoms. The molecule has 2 rings (SSSR count). The van der Waals surface area contributed by atoms with Crippen LogP contribution in [0.1, 0.15) is 18.4 Å². The van der Waals surface area contributed by atoms with Crippen LogP contribution in [0.15, 0.2) is 10.7 Å². The summed E-state index contributed by atoms with van der Waals surface area (Å²) in [7, 11) is 0. The molecule has 1 fully saturated rings. The number of likely N-dealkylation sites (tertiary alicyclic amines) is 1. The van der Waals surface area contributed by atoms with Crippen LogP contribution in [0, 0.1) is 0 Å². The molecule has 2 heterocycles. The fourth-order valence-electron chi connectivity index (χ4n) is 2.09. The average Bonchev–Trinajstić information content (AvgIpc) is 2.77. The number of halogens is 1. The van der Waals surface area contributed by atoms with Crippen LogP contribution in [0.3, 0.4) is 0 Å². The highest BCUT2D eigenvalue weighted by Gasteiger charge is 2.14. The number of aromatic nitrogens is 1. The van der Waals surface area contributed by atoms with Crippen LogP contribution in [0.4, 0.5) is 11.5 Å². The van der Waals surface area contributed by atoms with Crippen molar-refractivity contribution in [2.24, 2.45) is 0 Å². The second-order valence-electron chi connectivity index (χ2n) is 4.18. The van der Waals surface area contributed by atoms with E-state index in [-0.39, 0.29) is 0 Å². The van der Waals surface area contributed by atoms with E-state index in [1.54, 1.807) is 6.20 Å². The third kappa shape index (κ3) is 2.47. The smallest absolute Gasteiger partial charge is 0.146 e. The molecule has 0 unspecified atom stereocenters. The number of hydrogen-bond donors (Lipinski definition) is 2. The molecule has 4 nitrogen and oxygen atoms in total. The van der Waals surface area contributed by atoms with Gasteiger partial charge in [0.1, 0.15) is 5.82 Å². The van der Waals surface area contributed by atoms with Crippen molar-refractivity contribution >= 4 is 27.4 Å². The van der Waals surface area contributed by atoms with Gasteiger partial charge in [0, 0.05) is 17.2 Å². The van der Waals surface area contributed by atoms with E-state index in [1.807, 2.05) is 0 Å². The Labute approximate surface area is 104 Å². The van der Waals surface area contributed by atoms with E-state index in [0.717, 1.165) is 23.0 Å². The van der Waals surface area contributed by atoms with Crippen molar-refractivity contribution in [3.63, 3.8) is 0 Å². The van der Waals surface area contributed by atoms with Gasteiger partial charge in [0.15, 0.2) is 0 Å². The first kappa shape index (κ1) is 11.7. The van der Waals surface area contributed by atoms with Gasteiger partial charge in [-0.25, -0.2) is 4.98 Å².